The van der Waals surface area contributed by atoms with Gasteiger partial charge in [-0.3, -0.25) is 4.79 Å². The van der Waals surface area contributed by atoms with Gasteiger partial charge in [0.2, 0.25) is 0 Å². The van der Waals surface area contributed by atoms with Crippen molar-refractivity contribution >= 4 is 5.78 Å². The van der Waals surface area contributed by atoms with E-state index >= 15 is 0 Å². The van der Waals surface area contributed by atoms with Crippen molar-refractivity contribution in [2.24, 2.45) is 34.5 Å². The minimum Gasteiger partial charge on any atom is -0.393 e. The molecule has 2 nitrogen and oxygen atoms in total. The van der Waals surface area contributed by atoms with Crippen molar-refractivity contribution in [3.63, 3.8) is 0 Å². The van der Waals surface area contributed by atoms with Gasteiger partial charge in [-0.1, -0.05) is 32.8 Å². The number of Topliss-reactive ketones (excluding diaryl/α,β-unsaturated/α-hetero) is 1. The van der Waals surface area contributed by atoms with Gasteiger partial charge < -0.3 is 5.11 Å². The summed E-state index contributed by atoms with van der Waals surface area (Å²) in [4.78, 5) is 12.8. The minimum atomic E-state index is -0.308. The molecule has 0 aromatic heterocycles. The van der Waals surface area contributed by atoms with Gasteiger partial charge in [0.1, 0.15) is 0 Å². The highest BCUT2D eigenvalue weighted by Gasteiger charge is 2.67. The zero-order valence-electron chi connectivity index (χ0n) is 14.5. The van der Waals surface area contributed by atoms with Crippen LogP contribution < -0.4 is 0 Å². The molecule has 0 unspecified atom stereocenters. The summed E-state index contributed by atoms with van der Waals surface area (Å²) in [6.45, 7) is 9.28. The number of allylic oxidation sites excluding steroid dienone is 2. The highest BCUT2D eigenvalue weighted by atomic mass is 16.3. The molecule has 0 bridgehead atoms. The SMILES string of the molecule is CC1=C2C(=O)C[C@]3(C)[C@H](O)C[C@H]4CC[C@H](C)[C@@H](CC1)[C@]4(C)[C@H]23. The molecule has 0 amide bonds. The Morgan fingerprint density at radius 3 is 2.64 bits per heavy atom. The maximum absolute atomic E-state index is 12.8. The van der Waals surface area contributed by atoms with Gasteiger partial charge in [0.05, 0.1) is 6.10 Å². The lowest BCUT2D eigenvalue weighted by Gasteiger charge is -2.61. The van der Waals surface area contributed by atoms with E-state index in [0.29, 0.717) is 24.0 Å². The molecule has 1 N–H and O–H groups in total. The molecule has 4 aliphatic carbocycles. The maximum atomic E-state index is 12.8. The Kier molecular flexibility index (Phi) is 3.03. The van der Waals surface area contributed by atoms with Crippen molar-refractivity contribution in [2.75, 3.05) is 0 Å². The number of rotatable bonds is 0. The van der Waals surface area contributed by atoms with E-state index in [9.17, 15) is 9.90 Å². The maximum Gasteiger partial charge on any atom is 0.159 e. The fourth-order valence-corrected chi connectivity index (χ4v) is 7.20. The zero-order valence-corrected chi connectivity index (χ0v) is 14.5. The second-order valence-corrected chi connectivity index (χ2v) is 9.25. The first kappa shape index (κ1) is 14.9. The quantitative estimate of drug-likeness (QED) is 0.730. The summed E-state index contributed by atoms with van der Waals surface area (Å²) >= 11 is 0. The van der Waals surface area contributed by atoms with E-state index in [2.05, 4.69) is 27.7 Å². The van der Waals surface area contributed by atoms with Gasteiger partial charge in [0.25, 0.3) is 0 Å². The summed E-state index contributed by atoms with van der Waals surface area (Å²) in [5.74, 6) is 2.68. The van der Waals surface area contributed by atoms with Crippen LogP contribution in [0.1, 0.15) is 66.2 Å². The Labute approximate surface area is 134 Å². The zero-order chi connectivity index (χ0) is 15.9. The van der Waals surface area contributed by atoms with E-state index in [4.69, 9.17) is 0 Å². The molecule has 22 heavy (non-hydrogen) atoms. The van der Waals surface area contributed by atoms with Crippen LogP contribution in [-0.2, 0) is 4.79 Å². The molecule has 3 saturated carbocycles. The summed E-state index contributed by atoms with van der Waals surface area (Å²) < 4.78 is 0. The largest absolute Gasteiger partial charge is 0.393 e. The predicted molar refractivity (Wildman–Crippen MR) is 87.3 cm³/mol. The fourth-order valence-electron chi connectivity index (χ4n) is 7.20. The molecule has 0 spiro atoms. The van der Waals surface area contributed by atoms with Crippen molar-refractivity contribution in [1.82, 2.24) is 0 Å². The van der Waals surface area contributed by atoms with E-state index < -0.39 is 0 Å². The van der Waals surface area contributed by atoms with E-state index in [1.165, 1.54) is 24.8 Å². The average molecular weight is 302 g/mol. The Balaban J connectivity index is 1.95. The van der Waals surface area contributed by atoms with Gasteiger partial charge in [0, 0.05) is 17.8 Å². The molecular weight excluding hydrogens is 272 g/mol. The standard InChI is InChI=1S/C20H30O2/c1-11-5-7-13-9-16(22)19(3)10-15(21)17-12(2)6-8-14(11)20(13,4)18(17)19/h11,13-14,16,18,22H,5-10H2,1-4H3/t11-,13+,14+,16+,18+,19+,20+/m0/s1. The number of carbonyl (C=O) groups excluding carboxylic acids is 1. The van der Waals surface area contributed by atoms with Gasteiger partial charge in [-0.25, -0.2) is 0 Å². The number of ketones is 1. The van der Waals surface area contributed by atoms with Gasteiger partial charge in [-0.15, -0.1) is 0 Å². The average Bonchev–Trinajstić information content (AvgIpc) is 2.65. The molecular formula is C20H30O2. The van der Waals surface area contributed by atoms with Crippen molar-refractivity contribution in [1.29, 1.82) is 0 Å². The molecule has 2 heteroatoms. The van der Waals surface area contributed by atoms with Crippen molar-refractivity contribution in [3.8, 4) is 0 Å². The molecule has 122 valence electrons. The first-order valence-electron chi connectivity index (χ1n) is 9.21. The lowest BCUT2D eigenvalue weighted by atomic mass is 9.43. The third-order valence-electron chi connectivity index (χ3n) is 8.31. The summed E-state index contributed by atoms with van der Waals surface area (Å²) in [6.07, 6.45) is 6.01. The van der Waals surface area contributed by atoms with E-state index in [1.807, 2.05) is 0 Å². The number of aliphatic hydroxyl groups is 1. The van der Waals surface area contributed by atoms with Crippen LogP contribution in [0.2, 0.25) is 0 Å². The van der Waals surface area contributed by atoms with Crippen LogP contribution in [-0.4, -0.2) is 17.0 Å². The number of carbonyl (C=O) groups is 1. The van der Waals surface area contributed by atoms with Crippen molar-refractivity contribution in [2.45, 2.75) is 72.3 Å². The van der Waals surface area contributed by atoms with Gasteiger partial charge in [-0.05, 0) is 61.3 Å². The van der Waals surface area contributed by atoms with Gasteiger partial charge >= 0.3 is 0 Å². The lowest BCUT2D eigenvalue weighted by molar-refractivity contribution is -0.161. The summed E-state index contributed by atoms with van der Waals surface area (Å²) in [7, 11) is 0. The van der Waals surface area contributed by atoms with Crippen LogP contribution in [0, 0.1) is 34.5 Å². The van der Waals surface area contributed by atoms with Crippen LogP contribution in [0.25, 0.3) is 0 Å². The number of hydrogen-bond acceptors (Lipinski definition) is 2. The van der Waals surface area contributed by atoms with Crippen LogP contribution in [0.15, 0.2) is 11.1 Å². The third-order valence-corrected chi connectivity index (χ3v) is 8.31. The lowest BCUT2D eigenvalue weighted by Crippen LogP contribution is -2.58. The molecule has 0 aromatic carbocycles. The minimum absolute atomic E-state index is 0.213. The summed E-state index contributed by atoms with van der Waals surface area (Å²) in [6, 6.07) is 0. The van der Waals surface area contributed by atoms with Gasteiger partial charge in [-0.2, -0.15) is 0 Å². The van der Waals surface area contributed by atoms with Crippen LogP contribution >= 0.6 is 0 Å². The molecule has 0 saturated heterocycles. The molecule has 0 aliphatic heterocycles. The highest BCUT2D eigenvalue weighted by molar-refractivity contribution is 6.00. The number of hydrogen-bond donors (Lipinski definition) is 1. The Morgan fingerprint density at radius 2 is 1.91 bits per heavy atom. The summed E-state index contributed by atoms with van der Waals surface area (Å²) in [5.41, 5.74) is 2.45. The third kappa shape index (κ3) is 1.58. The highest BCUT2D eigenvalue weighted by Crippen LogP contribution is 2.70. The normalized spacial score (nSPS) is 54.2. The summed E-state index contributed by atoms with van der Waals surface area (Å²) in [5, 5.41) is 10.9. The Bertz CT molecular complexity index is 562. The molecule has 0 radical (unpaired) electrons. The van der Waals surface area contributed by atoms with Crippen LogP contribution in [0.5, 0.6) is 0 Å². The van der Waals surface area contributed by atoms with Crippen LogP contribution in [0.3, 0.4) is 0 Å². The first-order chi connectivity index (χ1) is 10.3. The first-order valence-corrected chi connectivity index (χ1v) is 9.21. The second-order valence-electron chi connectivity index (χ2n) is 9.25. The Hall–Kier alpha value is -0.630. The van der Waals surface area contributed by atoms with Crippen molar-refractivity contribution in [3.05, 3.63) is 11.1 Å². The molecule has 3 fully saturated rings. The molecule has 7 atom stereocenters. The smallest absolute Gasteiger partial charge is 0.159 e. The van der Waals surface area contributed by atoms with Crippen LogP contribution in [0.4, 0.5) is 0 Å². The molecule has 0 aromatic rings. The molecule has 0 heterocycles. The predicted octanol–water partition coefficient (Wildman–Crippen LogP) is 4.13. The van der Waals surface area contributed by atoms with E-state index in [-0.39, 0.29) is 22.9 Å². The fraction of sp³-hybridized carbons (Fsp3) is 0.850. The molecule has 4 rings (SSSR count). The second kappa shape index (κ2) is 4.47. The van der Waals surface area contributed by atoms with Crippen molar-refractivity contribution < 1.29 is 9.90 Å². The number of aliphatic hydroxyl groups excluding tert-OH is 1. The molecule has 4 aliphatic rings. The topological polar surface area (TPSA) is 37.3 Å². The Morgan fingerprint density at radius 1 is 1.18 bits per heavy atom. The van der Waals surface area contributed by atoms with E-state index in [0.717, 1.165) is 24.3 Å². The monoisotopic (exact) mass is 302 g/mol. The van der Waals surface area contributed by atoms with Gasteiger partial charge in [0.15, 0.2) is 5.78 Å². The van der Waals surface area contributed by atoms with E-state index in [1.54, 1.807) is 0 Å².